The maximum absolute atomic E-state index is 12.5. The standard InChI is InChI=1S/C18H28N2O5S.ClH/c1-3-18(19,4-2)13-20-17(21)8-11-26(22,23)14-6-7-15-16(12-14)25-10-5-9-24-15;/h6-7,12H,3-5,8-11,13,19H2,1-2H3,(H,20,21);1H. The molecule has 9 heteroatoms. The van der Waals surface area contributed by atoms with Crippen LogP contribution in [0.2, 0.25) is 0 Å². The van der Waals surface area contributed by atoms with Crippen LogP contribution in [-0.4, -0.2) is 45.4 Å². The van der Waals surface area contributed by atoms with E-state index in [0.717, 1.165) is 19.3 Å². The predicted molar refractivity (Wildman–Crippen MR) is 106 cm³/mol. The summed E-state index contributed by atoms with van der Waals surface area (Å²) in [5.74, 6) is 0.373. The Morgan fingerprint density at radius 1 is 1.19 bits per heavy atom. The van der Waals surface area contributed by atoms with Gasteiger partial charge in [-0.25, -0.2) is 8.42 Å². The number of nitrogens with two attached hydrogens (primary N) is 1. The number of rotatable bonds is 8. The molecule has 0 atom stereocenters. The molecule has 0 spiro atoms. The van der Waals surface area contributed by atoms with Gasteiger partial charge in [0, 0.05) is 31.0 Å². The van der Waals surface area contributed by atoms with Gasteiger partial charge in [-0.2, -0.15) is 0 Å². The lowest BCUT2D eigenvalue weighted by molar-refractivity contribution is -0.121. The number of hydrogen-bond acceptors (Lipinski definition) is 6. The smallest absolute Gasteiger partial charge is 0.221 e. The number of amides is 1. The maximum Gasteiger partial charge on any atom is 0.221 e. The van der Waals surface area contributed by atoms with E-state index in [1.54, 1.807) is 6.07 Å². The van der Waals surface area contributed by atoms with Crippen LogP contribution in [-0.2, 0) is 14.6 Å². The molecule has 1 aromatic rings. The molecule has 154 valence electrons. The van der Waals surface area contributed by atoms with Gasteiger partial charge in [0.05, 0.1) is 23.9 Å². The molecule has 1 amide bonds. The SMILES string of the molecule is CCC(N)(CC)CNC(=O)CCS(=O)(=O)c1ccc2c(c1)OCCCO2.Cl. The molecular formula is C18H29ClN2O5S. The van der Waals surface area contributed by atoms with Crippen molar-refractivity contribution in [1.82, 2.24) is 5.32 Å². The van der Waals surface area contributed by atoms with E-state index in [0.29, 0.717) is 31.3 Å². The van der Waals surface area contributed by atoms with E-state index >= 15 is 0 Å². The zero-order valence-corrected chi connectivity index (χ0v) is 17.5. The second-order valence-corrected chi connectivity index (χ2v) is 8.68. The highest BCUT2D eigenvalue weighted by Crippen LogP contribution is 2.32. The van der Waals surface area contributed by atoms with Gasteiger partial charge in [-0.05, 0) is 25.0 Å². The van der Waals surface area contributed by atoms with Crippen LogP contribution in [0.4, 0.5) is 0 Å². The lowest BCUT2D eigenvalue weighted by atomic mass is 9.94. The summed E-state index contributed by atoms with van der Waals surface area (Å²) in [6, 6.07) is 4.55. The molecule has 0 bridgehead atoms. The van der Waals surface area contributed by atoms with Crippen LogP contribution in [0.15, 0.2) is 23.1 Å². The van der Waals surface area contributed by atoms with Crippen molar-refractivity contribution in [3.63, 3.8) is 0 Å². The summed E-state index contributed by atoms with van der Waals surface area (Å²) < 4.78 is 36.1. The number of nitrogens with one attached hydrogen (secondary N) is 1. The average Bonchev–Trinajstić information content (AvgIpc) is 2.89. The Morgan fingerprint density at radius 3 is 2.44 bits per heavy atom. The van der Waals surface area contributed by atoms with E-state index in [9.17, 15) is 13.2 Å². The van der Waals surface area contributed by atoms with Gasteiger partial charge >= 0.3 is 0 Å². The van der Waals surface area contributed by atoms with Crippen molar-refractivity contribution in [3.05, 3.63) is 18.2 Å². The van der Waals surface area contributed by atoms with Crippen LogP contribution in [0, 0.1) is 0 Å². The van der Waals surface area contributed by atoms with Crippen LogP contribution in [0.25, 0.3) is 0 Å². The highest BCUT2D eigenvalue weighted by Gasteiger charge is 2.23. The number of carbonyl (C=O) groups excluding carboxylic acids is 1. The van der Waals surface area contributed by atoms with E-state index in [1.807, 2.05) is 13.8 Å². The summed E-state index contributed by atoms with van der Waals surface area (Å²) in [5.41, 5.74) is 5.68. The molecule has 0 saturated heterocycles. The number of ether oxygens (including phenoxy) is 2. The third-order valence-corrected chi connectivity index (χ3v) is 6.44. The molecule has 0 radical (unpaired) electrons. The molecule has 7 nitrogen and oxygen atoms in total. The summed E-state index contributed by atoms with van der Waals surface area (Å²) in [4.78, 5) is 12.1. The van der Waals surface area contributed by atoms with Crippen molar-refractivity contribution >= 4 is 28.2 Å². The highest BCUT2D eigenvalue weighted by atomic mass is 35.5. The normalized spacial score (nSPS) is 14.0. The van der Waals surface area contributed by atoms with Gasteiger partial charge in [-0.1, -0.05) is 13.8 Å². The second kappa shape index (κ2) is 10.1. The van der Waals surface area contributed by atoms with Gasteiger partial charge in [0.2, 0.25) is 5.91 Å². The van der Waals surface area contributed by atoms with E-state index in [-0.39, 0.29) is 35.4 Å². The Kier molecular flexibility index (Phi) is 8.84. The van der Waals surface area contributed by atoms with Crippen molar-refractivity contribution in [1.29, 1.82) is 0 Å². The summed E-state index contributed by atoms with van der Waals surface area (Å²) in [5, 5.41) is 2.73. The minimum absolute atomic E-state index is 0. The zero-order chi connectivity index (χ0) is 19.2. The van der Waals surface area contributed by atoms with E-state index in [4.69, 9.17) is 15.2 Å². The first-order valence-electron chi connectivity index (χ1n) is 8.97. The van der Waals surface area contributed by atoms with E-state index < -0.39 is 15.4 Å². The number of halogens is 1. The molecule has 0 unspecified atom stereocenters. The van der Waals surface area contributed by atoms with Crippen molar-refractivity contribution in [2.24, 2.45) is 5.73 Å². The molecule has 3 N–H and O–H groups in total. The maximum atomic E-state index is 12.5. The van der Waals surface area contributed by atoms with Crippen LogP contribution in [0.3, 0.4) is 0 Å². The Bertz CT molecular complexity index is 735. The molecule has 1 aliphatic rings. The topological polar surface area (TPSA) is 108 Å². The van der Waals surface area contributed by atoms with Crippen LogP contribution >= 0.6 is 12.4 Å². The zero-order valence-electron chi connectivity index (χ0n) is 15.8. The van der Waals surface area contributed by atoms with Gasteiger partial charge in [0.25, 0.3) is 0 Å². The molecule has 27 heavy (non-hydrogen) atoms. The number of fused-ring (bicyclic) bond motifs is 1. The molecule has 0 aromatic heterocycles. The van der Waals surface area contributed by atoms with Gasteiger partial charge in [-0.15, -0.1) is 12.4 Å². The van der Waals surface area contributed by atoms with Crippen LogP contribution in [0.1, 0.15) is 39.5 Å². The van der Waals surface area contributed by atoms with E-state index in [2.05, 4.69) is 5.32 Å². The minimum Gasteiger partial charge on any atom is -0.490 e. The monoisotopic (exact) mass is 420 g/mol. The average molecular weight is 421 g/mol. The third-order valence-electron chi connectivity index (χ3n) is 4.72. The molecule has 2 rings (SSSR count). The summed E-state index contributed by atoms with van der Waals surface area (Å²) >= 11 is 0. The first-order chi connectivity index (χ1) is 12.3. The predicted octanol–water partition coefficient (Wildman–Crippen LogP) is 2.07. The summed E-state index contributed by atoms with van der Waals surface area (Å²) in [7, 11) is -3.59. The van der Waals surface area contributed by atoms with Gasteiger partial charge in [0.1, 0.15) is 0 Å². The van der Waals surface area contributed by atoms with Gasteiger partial charge < -0.3 is 20.5 Å². The lowest BCUT2D eigenvalue weighted by Crippen LogP contribution is -2.49. The third kappa shape index (κ3) is 6.55. The molecule has 1 heterocycles. The Morgan fingerprint density at radius 2 is 1.81 bits per heavy atom. The van der Waals surface area contributed by atoms with Gasteiger partial charge in [-0.3, -0.25) is 4.79 Å². The number of benzene rings is 1. The van der Waals surface area contributed by atoms with Gasteiger partial charge in [0.15, 0.2) is 21.3 Å². The number of sulfone groups is 1. The molecule has 0 fully saturated rings. The summed E-state index contributed by atoms with van der Waals surface area (Å²) in [6.45, 7) is 5.28. The molecular weight excluding hydrogens is 392 g/mol. The van der Waals surface area contributed by atoms with E-state index in [1.165, 1.54) is 12.1 Å². The van der Waals surface area contributed by atoms with Crippen molar-refractivity contribution in [2.75, 3.05) is 25.5 Å². The molecule has 0 saturated carbocycles. The van der Waals surface area contributed by atoms with Crippen LogP contribution in [0.5, 0.6) is 11.5 Å². The Hall–Kier alpha value is -1.51. The fourth-order valence-corrected chi connectivity index (χ4v) is 3.80. The Labute approximate surface area is 167 Å². The van der Waals surface area contributed by atoms with Crippen molar-refractivity contribution < 1.29 is 22.7 Å². The molecule has 1 aliphatic heterocycles. The summed E-state index contributed by atoms with van der Waals surface area (Å²) in [6.07, 6.45) is 2.11. The number of carbonyl (C=O) groups is 1. The number of hydrogen-bond donors (Lipinski definition) is 2. The quantitative estimate of drug-likeness (QED) is 0.666. The molecule has 0 aliphatic carbocycles. The minimum atomic E-state index is -3.59. The van der Waals surface area contributed by atoms with Crippen molar-refractivity contribution in [2.45, 2.75) is 50.0 Å². The Balaban J connectivity index is 0.00000364. The second-order valence-electron chi connectivity index (χ2n) is 6.57. The fourth-order valence-electron chi connectivity index (χ4n) is 2.54. The van der Waals surface area contributed by atoms with Crippen LogP contribution < -0.4 is 20.5 Å². The fraction of sp³-hybridized carbons (Fsp3) is 0.611. The largest absolute Gasteiger partial charge is 0.490 e. The highest BCUT2D eigenvalue weighted by molar-refractivity contribution is 7.91. The first kappa shape index (κ1) is 23.5. The first-order valence-corrected chi connectivity index (χ1v) is 10.6. The molecule has 1 aromatic carbocycles. The lowest BCUT2D eigenvalue weighted by Gasteiger charge is -2.26. The van der Waals surface area contributed by atoms with Crippen molar-refractivity contribution in [3.8, 4) is 11.5 Å².